The molecule has 4 heteroatoms. The van der Waals surface area contributed by atoms with Gasteiger partial charge in [-0.15, -0.1) is 0 Å². The average Bonchev–Trinajstić information content (AvgIpc) is 2.80. The lowest BCUT2D eigenvalue weighted by atomic mass is 10.1. The minimum Gasteiger partial charge on any atom is -0.352 e. The molecule has 3 nitrogen and oxygen atoms in total. The van der Waals surface area contributed by atoms with Crippen LogP contribution in [0.3, 0.4) is 0 Å². The predicted molar refractivity (Wildman–Crippen MR) is 71.1 cm³/mol. The lowest BCUT2D eigenvalue weighted by Crippen LogP contribution is -2.07. The van der Waals surface area contributed by atoms with Gasteiger partial charge in [0.15, 0.2) is 0 Å². The number of nitrogens with zero attached hydrogens (tertiary/aromatic N) is 2. The van der Waals surface area contributed by atoms with E-state index in [1.165, 1.54) is 0 Å². The van der Waals surface area contributed by atoms with Gasteiger partial charge in [0.1, 0.15) is 5.82 Å². The van der Waals surface area contributed by atoms with E-state index >= 15 is 0 Å². The molecule has 0 aliphatic heterocycles. The largest absolute Gasteiger partial charge is 0.352 e. The molecule has 0 amide bonds. The fraction of sp³-hybridized carbons (Fsp3) is 0.357. The molecule has 0 aliphatic rings. The first kappa shape index (κ1) is 12.6. The molecule has 0 bridgehead atoms. The maximum atomic E-state index is 13.5. The lowest BCUT2D eigenvalue weighted by Gasteiger charge is -2.10. The van der Waals surface area contributed by atoms with Crippen LogP contribution in [0.25, 0.3) is 0 Å². The van der Waals surface area contributed by atoms with Gasteiger partial charge < -0.3 is 9.88 Å². The van der Waals surface area contributed by atoms with E-state index in [9.17, 15) is 4.39 Å². The standard InChI is InChI=1S/C14H18FN3/c1-4-18-6-5-16-14(18)17-9-12-7-10(2)13(15)11(3)8-12/h5-8H,4,9H2,1-3H3,(H,16,17). The topological polar surface area (TPSA) is 29.9 Å². The highest BCUT2D eigenvalue weighted by atomic mass is 19.1. The Bertz CT molecular complexity index is 523. The van der Waals surface area contributed by atoms with Crippen molar-refractivity contribution in [1.29, 1.82) is 0 Å². The van der Waals surface area contributed by atoms with Crippen LogP contribution in [0.1, 0.15) is 23.6 Å². The number of aryl methyl sites for hydroxylation is 3. The van der Waals surface area contributed by atoms with Crippen LogP contribution < -0.4 is 5.32 Å². The zero-order valence-electron chi connectivity index (χ0n) is 11.0. The fourth-order valence-electron chi connectivity index (χ4n) is 2.05. The number of nitrogens with one attached hydrogen (secondary N) is 1. The minimum atomic E-state index is -0.117. The van der Waals surface area contributed by atoms with Crippen molar-refractivity contribution in [3.63, 3.8) is 0 Å². The molecule has 96 valence electrons. The molecule has 0 spiro atoms. The second-order valence-electron chi connectivity index (χ2n) is 4.43. The van der Waals surface area contributed by atoms with Crippen LogP contribution in [0, 0.1) is 19.7 Å². The van der Waals surface area contributed by atoms with Crippen molar-refractivity contribution in [3.8, 4) is 0 Å². The van der Waals surface area contributed by atoms with Crippen LogP contribution in [0.15, 0.2) is 24.5 Å². The van der Waals surface area contributed by atoms with Crippen molar-refractivity contribution in [2.75, 3.05) is 5.32 Å². The number of aromatic nitrogens is 2. The molecule has 0 saturated heterocycles. The van der Waals surface area contributed by atoms with Crippen molar-refractivity contribution in [2.45, 2.75) is 33.9 Å². The van der Waals surface area contributed by atoms with Gasteiger partial charge in [-0.05, 0) is 37.5 Å². The highest BCUT2D eigenvalue weighted by molar-refractivity contribution is 5.34. The van der Waals surface area contributed by atoms with Crippen molar-refractivity contribution in [2.24, 2.45) is 0 Å². The molecule has 1 N–H and O–H groups in total. The van der Waals surface area contributed by atoms with Crippen LogP contribution in [-0.4, -0.2) is 9.55 Å². The number of hydrogen-bond acceptors (Lipinski definition) is 2. The third-order valence-corrected chi connectivity index (χ3v) is 3.00. The van der Waals surface area contributed by atoms with Gasteiger partial charge in [0.2, 0.25) is 5.95 Å². The summed E-state index contributed by atoms with van der Waals surface area (Å²) in [6.45, 7) is 7.18. The summed E-state index contributed by atoms with van der Waals surface area (Å²) in [5.74, 6) is 0.728. The van der Waals surface area contributed by atoms with E-state index in [1.807, 2.05) is 22.9 Å². The summed E-state index contributed by atoms with van der Waals surface area (Å²) >= 11 is 0. The van der Waals surface area contributed by atoms with Crippen molar-refractivity contribution < 1.29 is 4.39 Å². The highest BCUT2D eigenvalue weighted by Gasteiger charge is 2.05. The molecule has 1 aromatic carbocycles. The smallest absolute Gasteiger partial charge is 0.203 e. The third kappa shape index (κ3) is 2.53. The SMILES string of the molecule is CCn1ccnc1NCc1cc(C)c(F)c(C)c1. The maximum absolute atomic E-state index is 13.5. The molecular weight excluding hydrogens is 229 g/mol. The first-order chi connectivity index (χ1) is 8.61. The van der Waals surface area contributed by atoms with Crippen LogP contribution in [0.4, 0.5) is 10.3 Å². The average molecular weight is 247 g/mol. The van der Waals surface area contributed by atoms with E-state index in [0.29, 0.717) is 17.7 Å². The Morgan fingerprint density at radius 3 is 2.56 bits per heavy atom. The summed E-state index contributed by atoms with van der Waals surface area (Å²) in [7, 11) is 0. The summed E-state index contributed by atoms with van der Waals surface area (Å²) < 4.78 is 15.5. The summed E-state index contributed by atoms with van der Waals surface area (Å²) in [4.78, 5) is 4.24. The van der Waals surface area contributed by atoms with E-state index in [-0.39, 0.29) is 5.82 Å². The number of halogens is 1. The zero-order chi connectivity index (χ0) is 13.1. The number of benzene rings is 1. The van der Waals surface area contributed by atoms with Gasteiger partial charge in [0.25, 0.3) is 0 Å². The summed E-state index contributed by atoms with van der Waals surface area (Å²) in [5, 5.41) is 3.26. The molecule has 0 atom stereocenters. The van der Waals surface area contributed by atoms with E-state index in [4.69, 9.17) is 0 Å². The zero-order valence-corrected chi connectivity index (χ0v) is 11.0. The Labute approximate surface area is 107 Å². The lowest BCUT2D eigenvalue weighted by molar-refractivity contribution is 0.608. The van der Waals surface area contributed by atoms with Gasteiger partial charge in [-0.2, -0.15) is 0 Å². The van der Waals surface area contributed by atoms with Gasteiger partial charge in [0.05, 0.1) is 0 Å². The highest BCUT2D eigenvalue weighted by Crippen LogP contribution is 2.15. The Morgan fingerprint density at radius 1 is 1.28 bits per heavy atom. The molecule has 0 unspecified atom stereocenters. The fourth-order valence-corrected chi connectivity index (χ4v) is 2.05. The van der Waals surface area contributed by atoms with Gasteiger partial charge in [-0.3, -0.25) is 0 Å². The molecule has 1 heterocycles. The van der Waals surface area contributed by atoms with Crippen LogP contribution >= 0.6 is 0 Å². The normalized spacial score (nSPS) is 10.7. The van der Waals surface area contributed by atoms with Crippen molar-refractivity contribution in [1.82, 2.24) is 9.55 Å². The second-order valence-corrected chi connectivity index (χ2v) is 4.43. The molecule has 1 aromatic heterocycles. The molecule has 2 rings (SSSR count). The number of rotatable bonds is 4. The van der Waals surface area contributed by atoms with Crippen LogP contribution in [-0.2, 0) is 13.1 Å². The van der Waals surface area contributed by atoms with Gasteiger partial charge in [0, 0.05) is 25.5 Å². The Morgan fingerprint density at radius 2 is 1.94 bits per heavy atom. The van der Waals surface area contributed by atoms with Crippen LogP contribution in [0.2, 0.25) is 0 Å². The summed E-state index contributed by atoms with van der Waals surface area (Å²) in [5.41, 5.74) is 2.44. The first-order valence-corrected chi connectivity index (χ1v) is 6.12. The number of hydrogen-bond donors (Lipinski definition) is 1. The van der Waals surface area contributed by atoms with E-state index in [0.717, 1.165) is 18.1 Å². The molecule has 0 aliphatic carbocycles. The van der Waals surface area contributed by atoms with Gasteiger partial charge >= 0.3 is 0 Å². The van der Waals surface area contributed by atoms with Crippen LogP contribution in [0.5, 0.6) is 0 Å². The Hall–Kier alpha value is -1.84. The number of imidazole rings is 1. The van der Waals surface area contributed by atoms with E-state index in [2.05, 4.69) is 17.2 Å². The molecule has 0 fully saturated rings. The molecule has 0 saturated carbocycles. The molecule has 0 radical (unpaired) electrons. The third-order valence-electron chi connectivity index (χ3n) is 3.00. The van der Waals surface area contributed by atoms with Crippen molar-refractivity contribution in [3.05, 3.63) is 47.0 Å². The summed E-state index contributed by atoms with van der Waals surface area (Å²) in [6.07, 6.45) is 3.70. The minimum absolute atomic E-state index is 0.117. The quantitative estimate of drug-likeness (QED) is 0.898. The molecular formula is C14H18FN3. The maximum Gasteiger partial charge on any atom is 0.203 e. The predicted octanol–water partition coefficient (Wildman–Crippen LogP) is 3.27. The van der Waals surface area contributed by atoms with Crippen molar-refractivity contribution >= 4 is 5.95 Å². The second kappa shape index (κ2) is 5.21. The van der Waals surface area contributed by atoms with Gasteiger partial charge in [-0.1, -0.05) is 12.1 Å². The van der Waals surface area contributed by atoms with E-state index in [1.54, 1.807) is 20.0 Å². The Kier molecular flexibility index (Phi) is 3.65. The first-order valence-electron chi connectivity index (χ1n) is 6.12. The Balaban J connectivity index is 2.11. The van der Waals surface area contributed by atoms with E-state index < -0.39 is 0 Å². The monoisotopic (exact) mass is 247 g/mol. The number of anilines is 1. The summed E-state index contributed by atoms with van der Waals surface area (Å²) in [6, 6.07) is 3.74. The molecule has 2 aromatic rings. The molecule has 18 heavy (non-hydrogen) atoms. The van der Waals surface area contributed by atoms with Gasteiger partial charge in [-0.25, -0.2) is 9.37 Å².